The Morgan fingerprint density at radius 1 is 1.29 bits per heavy atom. The number of hydrogen-bond acceptors (Lipinski definition) is 3. The van der Waals surface area contributed by atoms with E-state index in [4.69, 9.17) is 5.26 Å². The summed E-state index contributed by atoms with van der Waals surface area (Å²) in [5, 5.41) is 13.4. The lowest BCUT2D eigenvalue weighted by molar-refractivity contribution is 0.0908. The monoisotopic (exact) mass is 320 g/mol. The average molecular weight is 320 g/mol. The molecule has 1 N–H and O–H groups in total. The van der Waals surface area contributed by atoms with Crippen molar-refractivity contribution in [2.45, 2.75) is 26.4 Å². The van der Waals surface area contributed by atoms with E-state index in [0.717, 1.165) is 23.1 Å². The number of nitrogens with zero attached hydrogens (tertiary/aromatic N) is 3. The number of nitrogens with one attached hydrogen (secondary N) is 1. The summed E-state index contributed by atoms with van der Waals surface area (Å²) in [7, 11) is 0. The third-order valence-electron chi connectivity index (χ3n) is 4.19. The number of hydrogen-bond donors (Lipinski definition) is 1. The Hall–Kier alpha value is -2.84. The molecule has 24 heavy (non-hydrogen) atoms. The smallest absolute Gasteiger partial charge is 0.244 e. The Kier molecular flexibility index (Phi) is 4.50. The first-order valence-electron chi connectivity index (χ1n) is 7.98. The molecule has 3 aromatic rings. The van der Waals surface area contributed by atoms with Gasteiger partial charge in [-0.05, 0) is 50.2 Å². The second kappa shape index (κ2) is 6.73. The number of fused-ring (bicyclic) bond motifs is 1. The van der Waals surface area contributed by atoms with Crippen LogP contribution in [0.5, 0.6) is 0 Å². The molecule has 0 amide bonds. The maximum absolute atomic E-state index is 12.0. The van der Waals surface area contributed by atoms with Crippen LogP contribution in [0.3, 0.4) is 0 Å². The summed E-state index contributed by atoms with van der Waals surface area (Å²) in [6, 6.07) is 13.8. The van der Waals surface area contributed by atoms with Gasteiger partial charge in [0.25, 0.3) is 0 Å². The first-order valence-corrected chi connectivity index (χ1v) is 7.98. The molecule has 122 valence electrons. The van der Waals surface area contributed by atoms with E-state index in [-0.39, 0.29) is 11.9 Å². The van der Waals surface area contributed by atoms with Gasteiger partial charge in [-0.15, -0.1) is 0 Å². The maximum atomic E-state index is 12.0. The Bertz CT molecular complexity index is 899. The molecule has 5 nitrogen and oxygen atoms in total. The third kappa shape index (κ3) is 3.24. The molecule has 0 aliphatic heterocycles. The van der Waals surface area contributed by atoms with Crippen LogP contribution in [0.4, 0.5) is 0 Å². The number of carbonyl (C=O) groups excluding carboxylic acids is 1. The lowest BCUT2D eigenvalue weighted by Gasteiger charge is -2.17. The second-order valence-corrected chi connectivity index (χ2v) is 6.05. The Balaban J connectivity index is 1.69. The minimum absolute atomic E-state index is 0.0274. The van der Waals surface area contributed by atoms with Gasteiger partial charge in [0, 0.05) is 41.6 Å². The van der Waals surface area contributed by atoms with Gasteiger partial charge in [-0.3, -0.25) is 9.36 Å². The first kappa shape index (κ1) is 16.0. The molecular weight excluding hydrogens is 300 g/mol. The summed E-state index contributed by atoms with van der Waals surface area (Å²) >= 11 is 0. The highest BCUT2D eigenvalue weighted by Gasteiger charge is 2.11. The molecule has 0 saturated carbocycles. The van der Waals surface area contributed by atoms with Crippen LogP contribution in [0.15, 0.2) is 48.8 Å². The van der Waals surface area contributed by atoms with Crippen LogP contribution in [0, 0.1) is 18.3 Å². The van der Waals surface area contributed by atoms with Crippen molar-refractivity contribution in [1.82, 2.24) is 14.5 Å². The maximum Gasteiger partial charge on any atom is 0.244 e. The normalized spacial score (nSPS) is 12.2. The van der Waals surface area contributed by atoms with Gasteiger partial charge in [0.1, 0.15) is 0 Å². The highest BCUT2D eigenvalue weighted by molar-refractivity contribution is 5.83. The Morgan fingerprint density at radius 2 is 2.04 bits per heavy atom. The van der Waals surface area contributed by atoms with Crippen LogP contribution in [0.2, 0.25) is 0 Å². The molecular formula is C19H20N4O. The molecule has 0 radical (unpaired) electrons. The zero-order valence-corrected chi connectivity index (χ0v) is 13.9. The highest BCUT2D eigenvalue weighted by Crippen LogP contribution is 2.21. The van der Waals surface area contributed by atoms with E-state index in [1.165, 1.54) is 0 Å². The van der Waals surface area contributed by atoms with Gasteiger partial charge in [-0.1, -0.05) is 0 Å². The number of rotatable bonds is 5. The van der Waals surface area contributed by atoms with Gasteiger partial charge in [-0.25, -0.2) is 0 Å². The zero-order chi connectivity index (χ0) is 17.1. The van der Waals surface area contributed by atoms with E-state index in [1.807, 2.05) is 30.3 Å². The van der Waals surface area contributed by atoms with Gasteiger partial charge < -0.3 is 9.88 Å². The number of nitriles is 1. The fourth-order valence-corrected chi connectivity index (χ4v) is 2.91. The SMILES string of the molecule is Cc1cc2cc(C#N)ccc2n1C[C@H](C)NCC(=O)n1cccc1. The van der Waals surface area contributed by atoms with Crippen molar-refractivity contribution >= 4 is 16.8 Å². The van der Waals surface area contributed by atoms with Gasteiger partial charge in [0.05, 0.1) is 18.2 Å². The molecule has 3 rings (SSSR count). The lowest BCUT2D eigenvalue weighted by Crippen LogP contribution is -2.36. The molecule has 0 unspecified atom stereocenters. The largest absolute Gasteiger partial charge is 0.343 e. The van der Waals surface area contributed by atoms with Crippen molar-refractivity contribution in [3.8, 4) is 6.07 Å². The molecule has 0 aliphatic carbocycles. The first-order chi connectivity index (χ1) is 11.6. The molecule has 0 spiro atoms. The molecule has 1 aromatic carbocycles. The van der Waals surface area contributed by atoms with E-state index < -0.39 is 0 Å². The lowest BCUT2D eigenvalue weighted by atomic mass is 10.2. The quantitative estimate of drug-likeness (QED) is 0.786. The minimum atomic E-state index is 0.0274. The van der Waals surface area contributed by atoms with E-state index in [9.17, 15) is 4.79 Å². The summed E-state index contributed by atoms with van der Waals surface area (Å²) in [5.41, 5.74) is 2.92. The van der Waals surface area contributed by atoms with Crippen LogP contribution < -0.4 is 5.32 Å². The second-order valence-electron chi connectivity index (χ2n) is 6.05. The molecule has 0 saturated heterocycles. The number of benzene rings is 1. The van der Waals surface area contributed by atoms with Gasteiger partial charge in [0.2, 0.25) is 5.91 Å². The van der Waals surface area contributed by atoms with Crippen molar-refractivity contribution in [1.29, 1.82) is 5.26 Å². The highest BCUT2D eigenvalue weighted by atomic mass is 16.2. The van der Waals surface area contributed by atoms with Gasteiger partial charge >= 0.3 is 0 Å². The van der Waals surface area contributed by atoms with E-state index in [1.54, 1.807) is 17.0 Å². The van der Waals surface area contributed by atoms with Crippen LogP contribution >= 0.6 is 0 Å². The average Bonchev–Trinajstić information content (AvgIpc) is 3.21. The fourth-order valence-electron chi connectivity index (χ4n) is 2.91. The van der Waals surface area contributed by atoms with Gasteiger partial charge in [0.15, 0.2) is 0 Å². The number of aromatic nitrogens is 2. The topological polar surface area (TPSA) is 62.8 Å². The van der Waals surface area contributed by atoms with Gasteiger partial charge in [-0.2, -0.15) is 5.26 Å². The third-order valence-corrected chi connectivity index (χ3v) is 4.19. The van der Waals surface area contributed by atoms with Crippen molar-refractivity contribution in [2.24, 2.45) is 0 Å². The number of carbonyl (C=O) groups is 1. The molecule has 1 atom stereocenters. The van der Waals surface area contributed by atoms with Crippen molar-refractivity contribution < 1.29 is 4.79 Å². The van der Waals surface area contributed by atoms with E-state index in [2.05, 4.69) is 35.9 Å². The zero-order valence-electron chi connectivity index (χ0n) is 13.9. The summed E-state index contributed by atoms with van der Waals surface area (Å²) in [6.07, 6.45) is 3.51. The van der Waals surface area contributed by atoms with Crippen LogP contribution in [-0.4, -0.2) is 27.6 Å². The molecule has 0 fully saturated rings. The fraction of sp³-hybridized carbons (Fsp3) is 0.263. The summed E-state index contributed by atoms with van der Waals surface area (Å²) in [5.74, 6) is 0.0274. The Labute approximate surface area is 141 Å². The van der Waals surface area contributed by atoms with Crippen molar-refractivity contribution in [3.05, 3.63) is 60.0 Å². The van der Waals surface area contributed by atoms with E-state index >= 15 is 0 Å². The number of aryl methyl sites for hydroxylation is 1. The van der Waals surface area contributed by atoms with Crippen molar-refractivity contribution in [3.63, 3.8) is 0 Å². The predicted octanol–water partition coefficient (Wildman–Crippen LogP) is 2.94. The Morgan fingerprint density at radius 3 is 2.75 bits per heavy atom. The van der Waals surface area contributed by atoms with Crippen LogP contribution in [0.25, 0.3) is 10.9 Å². The van der Waals surface area contributed by atoms with Crippen LogP contribution in [0.1, 0.15) is 23.0 Å². The minimum Gasteiger partial charge on any atom is -0.343 e. The molecule has 2 heterocycles. The standard InChI is InChI=1S/C19H20N4O/c1-14(21-12-19(24)22-7-3-4-8-22)13-23-15(2)9-17-10-16(11-20)5-6-18(17)23/h3-10,14,21H,12-13H2,1-2H3/t14-/m0/s1. The van der Waals surface area contributed by atoms with E-state index in [0.29, 0.717) is 12.1 Å². The summed E-state index contributed by atoms with van der Waals surface area (Å²) in [6.45, 7) is 5.19. The van der Waals surface area contributed by atoms with Crippen molar-refractivity contribution in [2.75, 3.05) is 6.54 Å². The molecule has 0 aliphatic rings. The molecule has 0 bridgehead atoms. The summed E-state index contributed by atoms with van der Waals surface area (Å²) in [4.78, 5) is 12.0. The van der Waals surface area contributed by atoms with Crippen LogP contribution in [-0.2, 0) is 6.54 Å². The molecule has 2 aromatic heterocycles. The summed E-state index contributed by atoms with van der Waals surface area (Å²) < 4.78 is 3.80. The predicted molar refractivity (Wildman–Crippen MR) is 93.9 cm³/mol. The molecule has 5 heteroatoms.